The monoisotopic (exact) mass is 361 g/mol. The molecule has 1 aliphatic carbocycles. The number of nitrogens with zero attached hydrogens (tertiary/aromatic N) is 1. The van der Waals surface area contributed by atoms with Gasteiger partial charge in [0.2, 0.25) is 0 Å². The maximum Gasteiger partial charge on any atom is 0.335 e. The third kappa shape index (κ3) is 3.12. The summed E-state index contributed by atoms with van der Waals surface area (Å²) in [5, 5.41) is 9.41. The van der Waals surface area contributed by atoms with E-state index in [1.165, 1.54) is 17.0 Å². The summed E-state index contributed by atoms with van der Waals surface area (Å²) in [5.41, 5.74) is 2.12. The Labute approximate surface area is 149 Å². The molecule has 0 fully saturated rings. The standard InChI is InChI=1S/C19H17ClFNO3/c1-10-7-17(14-8-11(19(24)25)3-5-13(10)14)22(2)18(23)15-9-12(21)4-6-16(15)20/h3-6,8-10,17H,7H2,1-2H3,(H,24,25)/t10?,17-/m1/s1. The van der Waals surface area contributed by atoms with Crippen LogP contribution in [0, 0.1) is 5.82 Å². The largest absolute Gasteiger partial charge is 0.478 e. The van der Waals surface area contributed by atoms with Crippen LogP contribution >= 0.6 is 11.6 Å². The van der Waals surface area contributed by atoms with Crippen LogP contribution in [-0.4, -0.2) is 28.9 Å². The Bertz CT molecular complexity index is 868. The molecule has 3 rings (SSSR count). The first kappa shape index (κ1) is 17.4. The Morgan fingerprint density at radius 2 is 1.92 bits per heavy atom. The van der Waals surface area contributed by atoms with Gasteiger partial charge >= 0.3 is 5.97 Å². The molecule has 2 aromatic rings. The molecule has 0 radical (unpaired) electrons. The number of aromatic carboxylic acids is 1. The lowest BCUT2D eigenvalue weighted by atomic mass is 10.0. The van der Waals surface area contributed by atoms with E-state index in [-0.39, 0.29) is 28.1 Å². The van der Waals surface area contributed by atoms with E-state index in [2.05, 4.69) is 0 Å². The minimum Gasteiger partial charge on any atom is -0.478 e. The van der Waals surface area contributed by atoms with Crippen molar-refractivity contribution in [3.05, 3.63) is 69.5 Å². The predicted octanol–water partition coefficient (Wildman–Crippen LogP) is 4.50. The van der Waals surface area contributed by atoms with Crippen molar-refractivity contribution in [1.82, 2.24) is 4.90 Å². The number of halogens is 2. The molecule has 130 valence electrons. The molecule has 0 bridgehead atoms. The molecular formula is C19H17ClFNO3. The second kappa shape index (κ2) is 6.48. The van der Waals surface area contributed by atoms with Crippen molar-refractivity contribution in [3.63, 3.8) is 0 Å². The maximum atomic E-state index is 13.5. The Morgan fingerprint density at radius 3 is 2.60 bits per heavy atom. The average Bonchev–Trinajstić information content (AvgIpc) is 2.92. The number of hydrogen-bond donors (Lipinski definition) is 1. The molecule has 1 unspecified atom stereocenters. The number of carbonyl (C=O) groups is 2. The first-order valence-corrected chi connectivity index (χ1v) is 8.26. The lowest BCUT2D eigenvalue weighted by Gasteiger charge is -2.26. The predicted molar refractivity (Wildman–Crippen MR) is 92.7 cm³/mol. The Kier molecular flexibility index (Phi) is 4.52. The van der Waals surface area contributed by atoms with Gasteiger partial charge < -0.3 is 10.0 Å². The molecule has 0 aromatic heterocycles. The first-order chi connectivity index (χ1) is 11.8. The molecule has 1 N–H and O–H groups in total. The highest BCUT2D eigenvalue weighted by Crippen LogP contribution is 2.43. The SMILES string of the molecule is CC1C[C@@H](N(C)C(=O)c2cc(F)ccc2Cl)c2cc(C(=O)O)ccc21. The summed E-state index contributed by atoms with van der Waals surface area (Å²) in [6.07, 6.45) is 0.674. The van der Waals surface area contributed by atoms with E-state index < -0.39 is 17.7 Å². The highest BCUT2D eigenvalue weighted by atomic mass is 35.5. The number of benzene rings is 2. The minimum atomic E-state index is -1.01. The number of carboxylic acids is 1. The average molecular weight is 362 g/mol. The first-order valence-electron chi connectivity index (χ1n) is 7.89. The smallest absolute Gasteiger partial charge is 0.335 e. The normalized spacial score (nSPS) is 18.7. The number of fused-ring (bicyclic) bond motifs is 1. The van der Waals surface area contributed by atoms with Crippen LogP contribution < -0.4 is 0 Å². The molecule has 0 saturated carbocycles. The molecule has 6 heteroatoms. The topological polar surface area (TPSA) is 57.6 Å². The lowest BCUT2D eigenvalue weighted by Crippen LogP contribution is -2.30. The molecule has 25 heavy (non-hydrogen) atoms. The Balaban J connectivity index is 1.98. The fourth-order valence-corrected chi connectivity index (χ4v) is 3.59. The van der Waals surface area contributed by atoms with Crippen LogP contribution in [0.1, 0.15) is 57.1 Å². The number of carboxylic acid groups (broad SMARTS) is 1. The van der Waals surface area contributed by atoms with Crippen LogP contribution in [0.3, 0.4) is 0 Å². The highest BCUT2D eigenvalue weighted by molar-refractivity contribution is 6.33. The van der Waals surface area contributed by atoms with Crippen molar-refractivity contribution >= 4 is 23.5 Å². The van der Waals surface area contributed by atoms with Gasteiger partial charge in [0.05, 0.1) is 22.2 Å². The molecule has 1 amide bonds. The van der Waals surface area contributed by atoms with Gasteiger partial charge in [0.25, 0.3) is 5.91 Å². The van der Waals surface area contributed by atoms with Gasteiger partial charge in [-0.15, -0.1) is 0 Å². The summed E-state index contributed by atoms with van der Waals surface area (Å²) in [5.74, 6) is -1.74. The van der Waals surface area contributed by atoms with Crippen LogP contribution in [0.2, 0.25) is 5.02 Å². The maximum absolute atomic E-state index is 13.5. The summed E-state index contributed by atoms with van der Waals surface area (Å²) in [4.78, 5) is 25.6. The summed E-state index contributed by atoms with van der Waals surface area (Å²) in [6, 6.07) is 8.38. The van der Waals surface area contributed by atoms with E-state index >= 15 is 0 Å². The zero-order valence-electron chi connectivity index (χ0n) is 13.8. The zero-order chi connectivity index (χ0) is 18.3. The van der Waals surface area contributed by atoms with Crippen molar-refractivity contribution < 1.29 is 19.1 Å². The number of hydrogen-bond acceptors (Lipinski definition) is 2. The molecule has 2 atom stereocenters. The molecule has 0 saturated heterocycles. The van der Waals surface area contributed by atoms with Crippen molar-refractivity contribution in [2.45, 2.75) is 25.3 Å². The van der Waals surface area contributed by atoms with E-state index in [1.807, 2.05) is 6.92 Å². The van der Waals surface area contributed by atoms with E-state index in [9.17, 15) is 19.1 Å². The molecule has 4 nitrogen and oxygen atoms in total. The van der Waals surface area contributed by atoms with Gasteiger partial charge in [-0.25, -0.2) is 9.18 Å². The summed E-state index contributed by atoms with van der Waals surface area (Å²) in [7, 11) is 1.63. The van der Waals surface area contributed by atoms with Crippen molar-refractivity contribution in [1.29, 1.82) is 0 Å². The molecule has 0 aliphatic heterocycles. The number of rotatable bonds is 3. The van der Waals surface area contributed by atoms with Gasteiger partial charge in [0.15, 0.2) is 0 Å². The van der Waals surface area contributed by atoms with Gasteiger partial charge in [-0.05, 0) is 53.8 Å². The summed E-state index contributed by atoms with van der Waals surface area (Å²) < 4.78 is 13.5. The second-order valence-corrected chi connectivity index (χ2v) is 6.75. The van der Waals surface area contributed by atoms with Gasteiger partial charge in [-0.2, -0.15) is 0 Å². The Hall–Kier alpha value is -2.40. The van der Waals surface area contributed by atoms with Gasteiger partial charge in [0.1, 0.15) is 5.82 Å². The van der Waals surface area contributed by atoms with Crippen LogP contribution in [0.4, 0.5) is 4.39 Å². The summed E-state index contributed by atoms with van der Waals surface area (Å²) >= 11 is 6.05. The van der Waals surface area contributed by atoms with E-state index in [0.29, 0.717) is 6.42 Å². The third-order valence-electron chi connectivity index (χ3n) is 4.75. The van der Waals surface area contributed by atoms with Gasteiger partial charge in [0, 0.05) is 7.05 Å². The number of carbonyl (C=O) groups excluding carboxylic acids is 1. The van der Waals surface area contributed by atoms with E-state index in [0.717, 1.165) is 17.2 Å². The molecule has 1 aliphatic rings. The van der Waals surface area contributed by atoms with Crippen molar-refractivity contribution in [3.8, 4) is 0 Å². The fraction of sp³-hybridized carbons (Fsp3) is 0.263. The summed E-state index contributed by atoms with van der Waals surface area (Å²) in [6.45, 7) is 2.03. The van der Waals surface area contributed by atoms with Crippen LogP contribution in [0.15, 0.2) is 36.4 Å². The van der Waals surface area contributed by atoms with Crippen molar-refractivity contribution in [2.24, 2.45) is 0 Å². The molecular weight excluding hydrogens is 345 g/mol. The van der Waals surface area contributed by atoms with E-state index in [1.54, 1.807) is 25.2 Å². The van der Waals surface area contributed by atoms with Crippen LogP contribution in [0.25, 0.3) is 0 Å². The van der Waals surface area contributed by atoms with Gasteiger partial charge in [-0.3, -0.25) is 4.79 Å². The fourth-order valence-electron chi connectivity index (χ4n) is 3.39. The minimum absolute atomic E-state index is 0.0969. The van der Waals surface area contributed by atoms with Crippen molar-refractivity contribution in [2.75, 3.05) is 7.05 Å². The zero-order valence-corrected chi connectivity index (χ0v) is 14.5. The Morgan fingerprint density at radius 1 is 1.20 bits per heavy atom. The van der Waals surface area contributed by atoms with Crippen LogP contribution in [-0.2, 0) is 0 Å². The van der Waals surface area contributed by atoms with Crippen LogP contribution in [0.5, 0.6) is 0 Å². The highest BCUT2D eigenvalue weighted by Gasteiger charge is 2.34. The molecule has 0 heterocycles. The number of amides is 1. The molecule has 0 spiro atoms. The third-order valence-corrected chi connectivity index (χ3v) is 5.08. The quantitative estimate of drug-likeness (QED) is 0.875. The lowest BCUT2D eigenvalue weighted by molar-refractivity contribution is 0.0696. The van der Waals surface area contributed by atoms with E-state index in [4.69, 9.17) is 11.6 Å². The van der Waals surface area contributed by atoms with Gasteiger partial charge in [-0.1, -0.05) is 24.6 Å². The second-order valence-electron chi connectivity index (χ2n) is 6.34. The molecule has 2 aromatic carbocycles.